The first-order valence-electron chi connectivity index (χ1n) is 3.61. The third-order valence-corrected chi connectivity index (χ3v) is 1.83. The van der Waals surface area contributed by atoms with Crippen LogP contribution in [-0.2, 0) is 6.42 Å². The van der Waals surface area contributed by atoms with Gasteiger partial charge in [-0.15, -0.1) is 0 Å². The number of aromatic amines is 1. The van der Waals surface area contributed by atoms with Crippen LogP contribution in [0.1, 0.15) is 17.7 Å². The zero-order valence-corrected chi connectivity index (χ0v) is 6.00. The Morgan fingerprint density at radius 3 is 3.27 bits per heavy atom. The molecule has 0 atom stereocenters. The second kappa shape index (κ2) is 2.34. The molecular weight excluding hydrogens is 140 g/mol. The third kappa shape index (κ3) is 0.981. The van der Waals surface area contributed by atoms with Crippen LogP contribution < -0.4 is 5.43 Å². The average Bonchev–Trinajstić information content (AvgIpc) is 2.06. The molecule has 1 heterocycles. The van der Waals surface area contributed by atoms with Gasteiger partial charge in [-0.2, -0.15) is 5.10 Å². The van der Waals surface area contributed by atoms with Gasteiger partial charge in [0.15, 0.2) is 0 Å². The van der Waals surface area contributed by atoms with Crippen LogP contribution in [0.5, 0.6) is 0 Å². The molecule has 1 N–H and O–H groups in total. The van der Waals surface area contributed by atoms with Gasteiger partial charge in [0, 0.05) is 5.56 Å². The fourth-order valence-corrected chi connectivity index (χ4v) is 1.26. The summed E-state index contributed by atoms with van der Waals surface area (Å²) in [6.45, 7) is 0. The Morgan fingerprint density at radius 2 is 2.45 bits per heavy atom. The van der Waals surface area contributed by atoms with E-state index in [1.54, 1.807) is 0 Å². The Morgan fingerprint density at radius 1 is 1.55 bits per heavy atom. The normalized spacial score (nSPS) is 14.5. The zero-order chi connectivity index (χ0) is 7.68. The standard InChI is InChI=1S/C8H8N2O/c11-8-5-9-10-7-4-2-1-3-6(7)8/h2,4-5H,1,3H2,(H,10,11). The van der Waals surface area contributed by atoms with E-state index >= 15 is 0 Å². The van der Waals surface area contributed by atoms with E-state index in [-0.39, 0.29) is 5.43 Å². The molecule has 1 aliphatic rings. The smallest absolute Gasteiger partial charge is 0.203 e. The number of hydrogen-bond donors (Lipinski definition) is 1. The summed E-state index contributed by atoms with van der Waals surface area (Å²) in [6, 6.07) is 0. The summed E-state index contributed by atoms with van der Waals surface area (Å²) in [5, 5.41) is 6.50. The molecule has 11 heavy (non-hydrogen) atoms. The molecule has 0 spiro atoms. The molecule has 1 aromatic heterocycles. The van der Waals surface area contributed by atoms with Crippen molar-refractivity contribution in [2.24, 2.45) is 0 Å². The number of rotatable bonds is 0. The Labute approximate surface area is 63.8 Å². The van der Waals surface area contributed by atoms with Gasteiger partial charge in [-0.05, 0) is 18.9 Å². The maximum absolute atomic E-state index is 11.1. The van der Waals surface area contributed by atoms with Crippen molar-refractivity contribution in [1.29, 1.82) is 0 Å². The predicted octanol–water partition coefficient (Wildman–Crippen LogP) is 0.729. The van der Waals surface area contributed by atoms with Crippen molar-refractivity contribution in [2.45, 2.75) is 12.8 Å². The molecule has 0 fully saturated rings. The highest BCUT2D eigenvalue weighted by atomic mass is 16.1. The maximum Gasteiger partial charge on any atom is 0.203 e. The van der Waals surface area contributed by atoms with Gasteiger partial charge in [-0.1, -0.05) is 6.08 Å². The molecule has 0 aromatic carbocycles. The van der Waals surface area contributed by atoms with Gasteiger partial charge in [0.2, 0.25) is 5.43 Å². The minimum atomic E-state index is 0.0445. The molecule has 0 saturated carbocycles. The number of nitrogens with one attached hydrogen (secondary N) is 1. The summed E-state index contributed by atoms with van der Waals surface area (Å²) in [4.78, 5) is 11.1. The van der Waals surface area contributed by atoms with Crippen molar-refractivity contribution in [3.63, 3.8) is 0 Å². The van der Waals surface area contributed by atoms with E-state index in [0.717, 1.165) is 24.1 Å². The fourth-order valence-electron chi connectivity index (χ4n) is 1.26. The van der Waals surface area contributed by atoms with Crippen LogP contribution in [0, 0.1) is 0 Å². The molecule has 0 aliphatic heterocycles. The summed E-state index contributed by atoms with van der Waals surface area (Å²) in [6.07, 6.45) is 7.08. The predicted molar refractivity (Wildman–Crippen MR) is 42.2 cm³/mol. The maximum atomic E-state index is 11.1. The van der Waals surface area contributed by atoms with Crippen molar-refractivity contribution >= 4 is 6.08 Å². The van der Waals surface area contributed by atoms with E-state index in [1.165, 1.54) is 6.20 Å². The minimum absolute atomic E-state index is 0.0445. The Hall–Kier alpha value is -1.38. The Bertz CT molecular complexity index is 351. The number of nitrogens with zero attached hydrogens (tertiary/aromatic N) is 1. The van der Waals surface area contributed by atoms with Crippen LogP contribution >= 0.6 is 0 Å². The molecule has 56 valence electrons. The first-order valence-corrected chi connectivity index (χ1v) is 3.61. The molecule has 0 amide bonds. The zero-order valence-electron chi connectivity index (χ0n) is 6.00. The highest BCUT2D eigenvalue weighted by Crippen LogP contribution is 2.10. The van der Waals surface area contributed by atoms with Crippen LogP contribution in [0.2, 0.25) is 0 Å². The molecule has 0 bridgehead atoms. The van der Waals surface area contributed by atoms with Gasteiger partial charge < -0.3 is 0 Å². The molecule has 0 saturated heterocycles. The lowest BCUT2D eigenvalue weighted by molar-refractivity contribution is 0.897. The quantitative estimate of drug-likeness (QED) is 0.589. The van der Waals surface area contributed by atoms with Crippen LogP contribution in [0.25, 0.3) is 6.08 Å². The summed E-state index contributed by atoms with van der Waals surface area (Å²) < 4.78 is 0. The third-order valence-electron chi connectivity index (χ3n) is 1.83. The summed E-state index contributed by atoms with van der Waals surface area (Å²) in [5.41, 5.74) is 1.77. The van der Waals surface area contributed by atoms with Gasteiger partial charge in [0.05, 0.1) is 11.9 Å². The van der Waals surface area contributed by atoms with Crippen LogP contribution in [0.15, 0.2) is 17.1 Å². The van der Waals surface area contributed by atoms with Crippen LogP contribution in [-0.4, -0.2) is 10.2 Å². The lowest BCUT2D eigenvalue weighted by atomic mass is 10.0. The van der Waals surface area contributed by atoms with E-state index in [4.69, 9.17) is 0 Å². The van der Waals surface area contributed by atoms with E-state index < -0.39 is 0 Å². The van der Waals surface area contributed by atoms with E-state index in [9.17, 15) is 4.79 Å². The monoisotopic (exact) mass is 148 g/mol. The van der Waals surface area contributed by atoms with Crippen molar-refractivity contribution in [2.75, 3.05) is 0 Å². The van der Waals surface area contributed by atoms with E-state index in [1.807, 2.05) is 12.2 Å². The van der Waals surface area contributed by atoms with Crippen LogP contribution in [0.4, 0.5) is 0 Å². The Balaban J connectivity index is 2.69. The molecule has 1 aromatic rings. The van der Waals surface area contributed by atoms with Crippen molar-refractivity contribution in [1.82, 2.24) is 10.2 Å². The number of hydrogen-bond acceptors (Lipinski definition) is 2. The number of aromatic nitrogens is 2. The highest BCUT2D eigenvalue weighted by Gasteiger charge is 2.07. The average molecular weight is 148 g/mol. The number of fused-ring (bicyclic) bond motifs is 1. The van der Waals surface area contributed by atoms with E-state index in [0.29, 0.717) is 0 Å². The summed E-state index contributed by atoms with van der Waals surface area (Å²) in [5.74, 6) is 0. The summed E-state index contributed by atoms with van der Waals surface area (Å²) in [7, 11) is 0. The fraction of sp³-hybridized carbons (Fsp3) is 0.250. The van der Waals surface area contributed by atoms with Crippen LogP contribution in [0.3, 0.4) is 0 Å². The Kier molecular flexibility index (Phi) is 1.35. The molecule has 3 heteroatoms. The molecule has 2 rings (SSSR count). The first-order chi connectivity index (χ1) is 5.38. The molecule has 1 aliphatic carbocycles. The van der Waals surface area contributed by atoms with Gasteiger partial charge in [0.1, 0.15) is 0 Å². The molecule has 3 nitrogen and oxygen atoms in total. The minimum Gasteiger partial charge on any atom is -0.288 e. The largest absolute Gasteiger partial charge is 0.288 e. The van der Waals surface area contributed by atoms with Crippen molar-refractivity contribution < 1.29 is 0 Å². The van der Waals surface area contributed by atoms with Gasteiger partial charge in [-0.25, -0.2) is 0 Å². The first kappa shape index (κ1) is 6.34. The second-order valence-electron chi connectivity index (χ2n) is 2.57. The topological polar surface area (TPSA) is 45.8 Å². The van der Waals surface area contributed by atoms with Gasteiger partial charge >= 0.3 is 0 Å². The molecular formula is C8H8N2O. The summed E-state index contributed by atoms with van der Waals surface area (Å²) >= 11 is 0. The van der Waals surface area contributed by atoms with Crippen molar-refractivity contribution in [3.8, 4) is 0 Å². The van der Waals surface area contributed by atoms with Gasteiger partial charge in [-0.3, -0.25) is 9.89 Å². The van der Waals surface area contributed by atoms with Crippen molar-refractivity contribution in [3.05, 3.63) is 33.8 Å². The molecule has 0 unspecified atom stereocenters. The number of allylic oxidation sites excluding steroid dienone is 1. The second-order valence-corrected chi connectivity index (χ2v) is 2.57. The lowest BCUT2D eigenvalue weighted by Crippen LogP contribution is -2.14. The highest BCUT2D eigenvalue weighted by molar-refractivity contribution is 5.50. The van der Waals surface area contributed by atoms with E-state index in [2.05, 4.69) is 10.2 Å². The SMILES string of the molecule is O=c1cn[nH]c2c1CCC=C2. The lowest BCUT2D eigenvalue weighted by Gasteiger charge is -2.06. The number of H-pyrrole nitrogens is 1. The molecule has 0 radical (unpaired) electrons. The van der Waals surface area contributed by atoms with Gasteiger partial charge in [0.25, 0.3) is 0 Å².